The number of unbranched alkanes of at least 4 members (excludes halogenated alkanes) is 1. The highest BCUT2D eigenvalue weighted by Gasteiger charge is 2.14. The van der Waals surface area contributed by atoms with Gasteiger partial charge in [0, 0.05) is 11.9 Å². The van der Waals surface area contributed by atoms with Gasteiger partial charge in [-0.05, 0) is 13.3 Å². The SMILES string of the molecule is CCCC[C@H](CCl)NS(=O)(=O)CC. The van der Waals surface area contributed by atoms with Crippen molar-refractivity contribution in [3.05, 3.63) is 0 Å². The molecule has 0 aliphatic heterocycles. The fourth-order valence-corrected chi connectivity index (χ4v) is 2.15. The van der Waals surface area contributed by atoms with Crippen LogP contribution < -0.4 is 4.72 Å². The van der Waals surface area contributed by atoms with E-state index in [0.29, 0.717) is 5.88 Å². The molecule has 0 saturated heterocycles. The molecule has 0 aliphatic rings. The molecule has 5 heteroatoms. The summed E-state index contributed by atoms with van der Waals surface area (Å²) < 4.78 is 24.9. The molecule has 0 rings (SSSR count). The first kappa shape index (κ1) is 13.2. The van der Waals surface area contributed by atoms with E-state index >= 15 is 0 Å². The summed E-state index contributed by atoms with van der Waals surface area (Å²) in [6, 6.07) is -0.105. The Bertz CT molecular complexity index is 216. The summed E-state index contributed by atoms with van der Waals surface area (Å²) in [7, 11) is -3.10. The maximum Gasteiger partial charge on any atom is 0.211 e. The molecule has 0 unspecified atom stereocenters. The van der Waals surface area contributed by atoms with E-state index in [-0.39, 0.29) is 11.8 Å². The first-order chi connectivity index (χ1) is 6.05. The van der Waals surface area contributed by atoms with Gasteiger partial charge in [0.15, 0.2) is 0 Å². The van der Waals surface area contributed by atoms with Crippen LogP contribution in [0.3, 0.4) is 0 Å². The van der Waals surface area contributed by atoms with Gasteiger partial charge in [0.2, 0.25) is 10.0 Å². The summed E-state index contributed by atoms with van der Waals surface area (Å²) in [6.07, 6.45) is 2.88. The topological polar surface area (TPSA) is 46.2 Å². The maximum absolute atomic E-state index is 11.2. The summed E-state index contributed by atoms with van der Waals surface area (Å²) in [5.41, 5.74) is 0. The van der Waals surface area contributed by atoms with Crippen LogP contribution in [0.1, 0.15) is 33.1 Å². The summed E-state index contributed by atoms with van der Waals surface area (Å²) in [5, 5.41) is 0. The maximum atomic E-state index is 11.2. The van der Waals surface area contributed by atoms with Gasteiger partial charge in [-0.25, -0.2) is 13.1 Å². The van der Waals surface area contributed by atoms with Crippen LogP contribution in [0.25, 0.3) is 0 Å². The highest BCUT2D eigenvalue weighted by atomic mass is 35.5. The second-order valence-corrected chi connectivity index (χ2v) is 5.37. The Morgan fingerprint density at radius 1 is 1.38 bits per heavy atom. The van der Waals surface area contributed by atoms with Crippen LogP contribution in [0.5, 0.6) is 0 Å². The van der Waals surface area contributed by atoms with Crippen molar-refractivity contribution < 1.29 is 8.42 Å². The molecular formula is C8H18ClNO2S. The summed E-state index contributed by atoms with van der Waals surface area (Å²) >= 11 is 5.64. The molecule has 0 amide bonds. The molecule has 3 nitrogen and oxygen atoms in total. The van der Waals surface area contributed by atoms with Crippen molar-refractivity contribution in [3.8, 4) is 0 Å². The van der Waals surface area contributed by atoms with E-state index in [1.807, 2.05) is 0 Å². The Hall–Kier alpha value is 0.200. The van der Waals surface area contributed by atoms with Crippen LogP contribution in [0.2, 0.25) is 0 Å². The average Bonchev–Trinajstić information content (AvgIpc) is 2.12. The van der Waals surface area contributed by atoms with Crippen molar-refractivity contribution in [2.75, 3.05) is 11.6 Å². The van der Waals surface area contributed by atoms with Gasteiger partial charge in [-0.15, -0.1) is 11.6 Å². The number of hydrogen-bond acceptors (Lipinski definition) is 2. The highest BCUT2D eigenvalue weighted by Crippen LogP contribution is 2.04. The molecule has 0 aromatic carbocycles. The second kappa shape index (κ2) is 6.62. The lowest BCUT2D eigenvalue weighted by Crippen LogP contribution is -2.37. The molecule has 0 bridgehead atoms. The monoisotopic (exact) mass is 227 g/mol. The molecular weight excluding hydrogens is 210 g/mol. The van der Waals surface area contributed by atoms with Crippen molar-refractivity contribution in [1.82, 2.24) is 4.72 Å². The van der Waals surface area contributed by atoms with Gasteiger partial charge in [-0.2, -0.15) is 0 Å². The molecule has 1 atom stereocenters. The third-order valence-corrected chi connectivity index (χ3v) is 3.64. The minimum Gasteiger partial charge on any atom is -0.212 e. The predicted octanol–water partition coefficient (Wildman–Crippen LogP) is 1.72. The van der Waals surface area contributed by atoms with E-state index in [1.54, 1.807) is 6.92 Å². The fraction of sp³-hybridized carbons (Fsp3) is 1.00. The number of sulfonamides is 1. The first-order valence-corrected chi connectivity index (χ1v) is 6.80. The van der Waals surface area contributed by atoms with E-state index in [4.69, 9.17) is 11.6 Å². The first-order valence-electron chi connectivity index (χ1n) is 4.61. The minimum atomic E-state index is -3.10. The lowest BCUT2D eigenvalue weighted by atomic mass is 10.2. The van der Waals surface area contributed by atoms with Crippen molar-refractivity contribution in [2.24, 2.45) is 0 Å². The summed E-state index contributed by atoms with van der Waals surface area (Å²) in [5.74, 6) is 0.464. The normalized spacial score (nSPS) is 14.4. The molecule has 0 heterocycles. The molecule has 13 heavy (non-hydrogen) atoms. The molecule has 0 saturated carbocycles. The fourth-order valence-electron chi connectivity index (χ4n) is 0.955. The van der Waals surface area contributed by atoms with E-state index in [1.165, 1.54) is 0 Å². The molecule has 1 N–H and O–H groups in total. The van der Waals surface area contributed by atoms with Crippen molar-refractivity contribution in [1.29, 1.82) is 0 Å². The smallest absolute Gasteiger partial charge is 0.211 e. The Morgan fingerprint density at radius 2 is 2.00 bits per heavy atom. The third kappa shape index (κ3) is 6.29. The number of hydrogen-bond donors (Lipinski definition) is 1. The van der Waals surface area contributed by atoms with Crippen LogP contribution in [-0.2, 0) is 10.0 Å². The van der Waals surface area contributed by atoms with Crippen LogP contribution in [0.15, 0.2) is 0 Å². The standard InChI is InChI=1S/C8H18ClNO2S/c1-3-5-6-8(7-9)10-13(11,12)4-2/h8,10H,3-7H2,1-2H3/t8-/m1/s1. The van der Waals surface area contributed by atoms with E-state index < -0.39 is 10.0 Å². The number of rotatable bonds is 7. The lowest BCUT2D eigenvalue weighted by Gasteiger charge is -2.14. The molecule has 0 spiro atoms. The number of nitrogens with one attached hydrogen (secondary N) is 1. The largest absolute Gasteiger partial charge is 0.212 e. The molecule has 0 aromatic heterocycles. The zero-order valence-corrected chi connectivity index (χ0v) is 9.79. The molecule has 80 valence electrons. The van der Waals surface area contributed by atoms with E-state index in [0.717, 1.165) is 19.3 Å². The molecule has 0 fully saturated rings. The zero-order chi connectivity index (χ0) is 10.3. The quantitative estimate of drug-likeness (QED) is 0.674. The van der Waals surface area contributed by atoms with Crippen LogP contribution in [-0.4, -0.2) is 26.1 Å². The lowest BCUT2D eigenvalue weighted by molar-refractivity contribution is 0.537. The van der Waals surface area contributed by atoms with Gasteiger partial charge in [-0.1, -0.05) is 19.8 Å². The summed E-state index contributed by atoms with van der Waals surface area (Å²) in [4.78, 5) is 0. The van der Waals surface area contributed by atoms with Gasteiger partial charge in [0.25, 0.3) is 0 Å². The van der Waals surface area contributed by atoms with Crippen molar-refractivity contribution in [2.45, 2.75) is 39.2 Å². The van der Waals surface area contributed by atoms with Crippen LogP contribution >= 0.6 is 11.6 Å². The van der Waals surface area contributed by atoms with Crippen LogP contribution in [0.4, 0.5) is 0 Å². The minimum absolute atomic E-state index is 0.105. The van der Waals surface area contributed by atoms with E-state index in [9.17, 15) is 8.42 Å². The van der Waals surface area contributed by atoms with Gasteiger partial charge in [0.05, 0.1) is 5.75 Å². The van der Waals surface area contributed by atoms with Gasteiger partial charge in [-0.3, -0.25) is 0 Å². The Kier molecular flexibility index (Phi) is 6.73. The summed E-state index contributed by atoms with van der Waals surface area (Å²) in [6.45, 7) is 3.69. The molecule has 0 radical (unpaired) electrons. The molecule has 0 aromatic rings. The average molecular weight is 228 g/mol. The van der Waals surface area contributed by atoms with Gasteiger partial charge >= 0.3 is 0 Å². The van der Waals surface area contributed by atoms with Gasteiger partial charge < -0.3 is 0 Å². The Morgan fingerprint density at radius 3 is 2.38 bits per heavy atom. The zero-order valence-electron chi connectivity index (χ0n) is 8.22. The molecule has 0 aliphatic carbocycles. The van der Waals surface area contributed by atoms with Gasteiger partial charge in [0.1, 0.15) is 0 Å². The van der Waals surface area contributed by atoms with Crippen LogP contribution in [0, 0.1) is 0 Å². The van der Waals surface area contributed by atoms with E-state index in [2.05, 4.69) is 11.6 Å². The Balaban J connectivity index is 3.97. The Labute approximate surface area is 85.9 Å². The predicted molar refractivity (Wildman–Crippen MR) is 56.6 cm³/mol. The second-order valence-electron chi connectivity index (χ2n) is 3.01. The van der Waals surface area contributed by atoms with Crippen molar-refractivity contribution in [3.63, 3.8) is 0 Å². The highest BCUT2D eigenvalue weighted by molar-refractivity contribution is 7.89. The number of alkyl halides is 1. The third-order valence-electron chi connectivity index (χ3n) is 1.82. The van der Waals surface area contributed by atoms with Crippen molar-refractivity contribution >= 4 is 21.6 Å². The number of halogens is 1.